The quantitative estimate of drug-likeness (QED) is 0.623. The Morgan fingerprint density at radius 3 is 3.08 bits per heavy atom. The summed E-state index contributed by atoms with van der Waals surface area (Å²) in [5, 5.41) is 0.401. The molecule has 0 N–H and O–H groups in total. The third-order valence-electron chi connectivity index (χ3n) is 1.46. The van der Waals surface area contributed by atoms with E-state index >= 15 is 0 Å². The Labute approximate surface area is 72.6 Å². The average molecular weight is 182 g/mol. The van der Waals surface area contributed by atoms with Crippen LogP contribution in [0.25, 0.3) is 11.1 Å². The van der Waals surface area contributed by atoms with Crippen molar-refractivity contribution in [2.45, 2.75) is 0 Å². The first-order chi connectivity index (χ1) is 5.77. The lowest BCUT2D eigenvalue weighted by Gasteiger charge is -1.94. The summed E-state index contributed by atoms with van der Waals surface area (Å²) < 4.78 is 4.84. The van der Waals surface area contributed by atoms with E-state index in [0.29, 0.717) is 16.1 Å². The van der Waals surface area contributed by atoms with Crippen LogP contribution in [0.5, 0.6) is 0 Å². The summed E-state index contributed by atoms with van der Waals surface area (Å²) in [4.78, 5) is 14.6. The summed E-state index contributed by atoms with van der Waals surface area (Å²) in [6.07, 6.45) is 1.12. The van der Waals surface area contributed by atoms with Crippen molar-refractivity contribution in [1.29, 1.82) is 0 Å². The molecule has 0 spiro atoms. The van der Waals surface area contributed by atoms with Crippen molar-refractivity contribution in [2.24, 2.45) is 0 Å². The summed E-state index contributed by atoms with van der Waals surface area (Å²) in [7, 11) is 0. The number of benzene rings is 1. The molecule has 60 valence electrons. The highest BCUT2D eigenvalue weighted by Gasteiger charge is 2.01. The van der Waals surface area contributed by atoms with E-state index in [2.05, 4.69) is 4.98 Å². The molecule has 0 saturated carbocycles. The van der Waals surface area contributed by atoms with Gasteiger partial charge in [-0.3, -0.25) is 0 Å². The Kier molecular flexibility index (Phi) is 1.59. The summed E-state index contributed by atoms with van der Waals surface area (Å²) in [6, 6.07) is 5.12. The topological polar surface area (TPSA) is 43.1 Å². The second-order valence-electron chi connectivity index (χ2n) is 2.27. The number of rotatable bonds is 0. The number of nitrogens with zero attached hydrogens (tertiary/aromatic N) is 1. The van der Waals surface area contributed by atoms with Gasteiger partial charge in [-0.1, -0.05) is 17.7 Å². The van der Waals surface area contributed by atoms with Crippen LogP contribution in [0.2, 0.25) is 5.02 Å². The van der Waals surface area contributed by atoms with Crippen molar-refractivity contribution in [3.05, 3.63) is 39.8 Å². The highest BCUT2D eigenvalue weighted by Crippen LogP contribution is 2.19. The zero-order valence-electron chi connectivity index (χ0n) is 5.95. The van der Waals surface area contributed by atoms with Crippen LogP contribution in [-0.4, -0.2) is 4.98 Å². The van der Waals surface area contributed by atoms with Gasteiger partial charge in [-0.15, -0.1) is 0 Å². The van der Waals surface area contributed by atoms with Gasteiger partial charge in [0.15, 0.2) is 5.58 Å². The average Bonchev–Trinajstić information content (AvgIpc) is 2.07. The molecule has 2 rings (SSSR count). The van der Waals surface area contributed by atoms with Crippen molar-refractivity contribution >= 4 is 22.7 Å². The summed E-state index contributed by atoms with van der Waals surface area (Å²) in [5.74, 6) is 0. The molecule has 0 fully saturated rings. The van der Waals surface area contributed by atoms with E-state index < -0.39 is 5.63 Å². The Hall–Kier alpha value is -1.35. The van der Waals surface area contributed by atoms with E-state index in [9.17, 15) is 4.79 Å². The third-order valence-corrected chi connectivity index (χ3v) is 1.76. The molecule has 2 aromatic rings. The lowest BCUT2D eigenvalue weighted by atomic mass is 10.3. The summed E-state index contributed by atoms with van der Waals surface area (Å²) in [6.45, 7) is 0. The molecule has 4 heteroatoms. The van der Waals surface area contributed by atoms with Crippen LogP contribution < -0.4 is 5.63 Å². The van der Waals surface area contributed by atoms with E-state index in [1.165, 1.54) is 0 Å². The van der Waals surface area contributed by atoms with E-state index in [0.717, 1.165) is 6.20 Å². The Morgan fingerprint density at radius 1 is 1.42 bits per heavy atom. The number of hydrogen-bond acceptors (Lipinski definition) is 3. The van der Waals surface area contributed by atoms with Gasteiger partial charge in [0.25, 0.3) is 0 Å². The van der Waals surface area contributed by atoms with Crippen LogP contribution >= 0.6 is 11.6 Å². The number of fused-ring (bicyclic) bond motifs is 1. The first-order valence-electron chi connectivity index (χ1n) is 3.32. The van der Waals surface area contributed by atoms with Gasteiger partial charge in [0.05, 0.1) is 5.02 Å². The Balaban J connectivity index is 2.97. The van der Waals surface area contributed by atoms with E-state index in [1.807, 2.05) is 0 Å². The molecule has 0 amide bonds. The fourth-order valence-corrected chi connectivity index (χ4v) is 1.16. The van der Waals surface area contributed by atoms with E-state index in [1.54, 1.807) is 18.2 Å². The maximum Gasteiger partial charge on any atom is 0.354 e. The van der Waals surface area contributed by atoms with E-state index in [-0.39, 0.29) is 0 Å². The number of aromatic nitrogens is 1. The van der Waals surface area contributed by atoms with Crippen molar-refractivity contribution < 1.29 is 4.42 Å². The standard InChI is InChI=1S/C8H4ClNO2/c9-5-2-1-3-6-8(5)12-7(11)4-10-6/h1-4H. The Bertz CT molecular complexity index is 478. The van der Waals surface area contributed by atoms with Crippen LogP contribution in [0.3, 0.4) is 0 Å². The fraction of sp³-hybridized carbons (Fsp3) is 0. The molecule has 0 atom stereocenters. The molecule has 1 aromatic heterocycles. The molecule has 0 radical (unpaired) electrons. The highest BCUT2D eigenvalue weighted by molar-refractivity contribution is 6.34. The van der Waals surface area contributed by atoms with Crippen molar-refractivity contribution in [3.63, 3.8) is 0 Å². The van der Waals surface area contributed by atoms with Crippen molar-refractivity contribution in [2.75, 3.05) is 0 Å². The smallest absolute Gasteiger partial charge is 0.354 e. The monoisotopic (exact) mass is 181 g/mol. The molecule has 3 nitrogen and oxygen atoms in total. The fourth-order valence-electron chi connectivity index (χ4n) is 0.949. The van der Waals surface area contributed by atoms with Crippen LogP contribution in [-0.2, 0) is 0 Å². The third kappa shape index (κ3) is 1.08. The first-order valence-corrected chi connectivity index (χ1v) is 3.69. The molecule has 0 bridgehead atoms. The zero-order valence-corrected chi connectivity index (χ0v) is 6.71. The maximum absolute atomic E-state index is 10.7. The van der Waals surface area contributed by atoms with Gasteiger partial charge in [-0.25, -0.2) is 9.78 Å². The van der Waals surface area contributed by atoms with Gasteiger partial charge in [0.2, 0.25) is 0 Å². The predicted octanol–water partition coefficient (Wildman–Crippen LogP) is 1.84. The number of halogens is 1. The Morgan fingerprint density at radius 2 is 2.25 bits per heavy atom. The largest absolute Gasteiger partial charge is 0.418 e. The van der Waals surface area contributed by atoms with Gasteiger partial charge >= 0.3 is 5.63 Å². The van der Waals surface area contributed by atoms with Crippen LogP contribution in [0, 0.1) is 0 Å². The molecule has 12 heavy (non-hydrogen) atoms. The SMILES string of the molecule is O=c1cnc2cccc(Cl)c2o1. The van der Waals surface area contributed by atoms with Crippen molar-refractivity contribution in [1.82, 2.24) is 4.98 Å². The molecule has 0 aliphatic heterocycles. The minimum atomic E-state index is -0.490. The lowest BCUT2D eigenvalue weighted by molar-refractivity contribution is 0.555. The zero-order chi connectivity index (χ0) is 8.55. The van der Waals surface area contributed by atoms with Crippen LogP contribution in [0.15, 0.2) is 33.6 Å². The molecular weight excluding hydrogens is 178 g/mol. The van der Waals surface area contributed by atoms with Gasteiger partial charge in [-0.05, 0) is 12.1 Å². The first kappa shape index (κ1) is 7.31. The molecule has 1 aromatic carbocycles. The molecular formula is C8H4ClNO2. The van der Waals surface area contributed by atoms with Gasteiger partial charge in [0.1, 0.15) is 11.7 Å². The maximum atomic E-state index is 10.7. The molecule has 0 aliphatic carbocycles. The number of hydrogen-bond donors (Lipinski definition) is 0. The second-order valence-corrected chi connectivity index (χ2v) is 2.67. The molecule has 0 aliphatic rings. The van der Waals surface area contributed by atoms with Gasteiger partial charge < -0.3 is 4.42 Å². The van der Waals surface area contributed by atoms with E-state index in [4.69, 9.17) is 16.0 Å². The predicted molar refractivity (Wildman–Crippen MR) is 45.3 cm³/mol. The summed E-state index contributed by atoms with van der Waals surface area (Å²) in [5.41, 5.74) is 0.435. The lowest BCUT2D eigenvalue weighted by Crippen LogP contribution is -1.97. The summed E-state index contributed by atoms with van der Waals surface area (Å²) >= 11 is 5.76. The minimum absolute atomic E-state index is 0.340. The molecule has 0 unspecified atom stereocenters. The highest BCUT2D eigenvalue weighted by atomic mass is 35.5. The van der Waals surface area contributed by atoms with Gasteiger partial charge in [0, 0.05) is 0 Å². The minimum Gasteiger partial charge on any atom is -0.418 e. The van der Waals surface area contributed by atoms with Crippen LogP contribution in [0.4, 0.5) is 0 Å². The number of para-hydroxylation sites is 1. The van der Waals surface area contributed by atoms with Gasteiger partial charge in [-0.2, -0.15) is 0 Å². The van der Waals surface area contributed by atoms with Crippen molar-refractivity contribution in [3.8, 4) is 0 Å². The molecule has 0 saturated heterocycles. The second kappa shape index (κ2) is 2.60. The normalized spacial score (nSPS) is 10.4. The molecule has 1 heterocycles. The van der Waals surface area contributed by atoms with Crippen LogP contribution in [0.1, 0.15) is 0 Å².